The van der Waals surface area contributed by atoms with Crippen molar-refractivity contribution >= 4 is 33.3 Å². The summed E-state index contributed by atoms with van der Waals surface area (Å²) in [6.45, 7) is 1.29. The van der Waals surface area contributed by atoms with Crippen LogP contribution in [0.1, 0.15) is 11.4 Å². The minimum Gasteiger partial charge on any atom is -0.244 e. The summed E-state index contributed by atoms with van der Waals surface area (Å²) in [4.78, 5) is 13.5. The van der Waals surface area contributed by atoms with Crippen LogP contribution in [0, 0.1) is 6.92 Å². The molecule has 0 fully saturated rings. The number of aryl methyl sites for hydroxylation is 1. The molecule has 0 spiro atoms. The van der Waals surface area contributed by atoms with Crippen LogP contribution in [0.25, 0.3) is 16.2 Å². The van der Waals surface area contributed by atoms with Crippen LogP contribution in [-0.2, 0) is 6.67 Å². The average Bonchev–Trinajstić information content (AvgIpc) is 3.20. The normalized spacial score (nSPS) is 11.2. The lowest BCUT2D eigenvalue weighted by molar-refractivity contribution is 0.472. The first kappa shape index (κ1) is 15.2. The van der Waals surface area contributed by atoms with Crippen molar-refractivity contribution in [1.82, 2.24) is 24.7 Å². The summed E-state index contributed by atoms with van der Waals surface area (Å²) >= 11 is 3.12. The van der Waals surface area contributed by atoms with E-state index < -0.39 is 6.67 Å². The summed E-state index contributed by atoms with van der Waals surface area (Å²) in [6.07, 6.45) is 1.66. The number of nitrogens with zero attached hydrogens (tertiary/aromatic N) is 5. The molecule has 0 bridgehead atoms. The number of thiazole rings is 1. The van der Waals surface area contributed by atoms with Gasteiger partial charge in [-0.3, -0.25) is 0 Å². The van der Waals surface area contributed by atoms with Crippen molar-refractivity contribution in [2.45, 2.75) is 23.0 Å². The van der Waals surface area contributed by atoms with E-state index in [0.29, 0.717) is 11.6 Å². The molecule has 4 aromatic rings. The Labute approximate surface area is 145 Å². The highest BCUT2D eigenvalue weighted by atomic mass is 32.2. The number of benzene rings is 1. The molecule has 0 radical (unpaired) electrons. The molecular formula is C16H12FN5S2. The minimum atomic E-state index is -0.605. The van der Waals surface area contributed by atoms with Gasteiger partial charge < -0.3 is 0 Å². The molecule has 3 heterocycles. The third kappa shape index (κ3) is 3.02. The van der Waals surface area contributed by atoms with Crippen molar-refractivity contribution in [2.24, 2.45) is 0 Å². The zero-order chi connectivity index (χ0) is 16.5. The molecule has 24 heavy (non-hydrogen) atoms. The molecule has 120 valence electrons. The smallest absolute Gasteiger partial charge is 0.244 e. The van der Waals surface area contributed by atoms with Crippen LogP contribution >= 0.6 is 23.1 Å². The molecule has 0 unspecified atom stereocenters. The molecule has 0 saturated heterocycles. The molecule has 8 heteroatoms. The number of para-hydroxylation sites is 1. The first-order valence-electron chi connectivity index (χ1n) is 7.21. The Balaban J connectivity index is 1.67. The van der Waals surface area contributed by atoms with Crippen LogP contribution in [0.5, 0.6) is 0 Å². The zero-order valence-corrected chi connectivity index (χ0v) is 14.3. The third-order valence-electron chi connectivity index (χ3n) is 3.27. The number of hydrogen-bond donors (Lipinski definition) is 0. The molecule has 0 saturated carbocycles. The Kier molecular flexibility index (Phi) is 3.99. The van der Waals surface area contributed by atoms with E-state index in [1.165, 1.54) is 16.4 Å². The minimum absolute atomic E-state index is 0.362. The van der Waals surface area contributed by atoms with E-state index in [1.54, 1.807) is 23.6 Å². The number of halogens is 1. The maximum absolute atomic E-state index is 12.7. The van der Waals surface area contributed by atoms with Crippen molar-refractivity contribution in [3.8, 4) is 5.95 Å². The van der Waals surface area contributed by atoms with Gasteiger partial charge in [0.1, 0.15) is 11.7 Å². The third-order valence-corrected chi connectivity index (χ3v) is 5.29. The summed E-state index contributed by atoms with van der Waals surface area (Å²) in [6, 6.07) is 11.5. The van der Waals surface area contributed by atoms with E-state index in [1.807, 2.05) is 31.2 Å². The zero-order valence-electron chi connectivity index (χ0n) is 12.7. The molecule has 4 rings (SSSR count). The summed E-state index contributed by atoms with van der Waals surface area (Å²) in [7, 11) is 0. The van der Waals surface area contributed by atoms with E-state index in [2.05, 4.69) is 26.1 Å². The van der Waals surface area contributed by atoms with E-state index in [4.69, 9.17) is 0 Å². The average molecular weight is 357 g/mol. The maximum Gasteiger partial charge on any atom is 0.251 e. The van der Waals surface area contributed by atoms with Gasteiger partial charge in [0.05, 0.1) is 15.9 Å². The molecule has 0 N–H and O–H groups in total. The summed E-state index contributed by atoms with van der Waals surface area (Å²) < 4.78 is 16.2. The lowest BCUT2D eigenvalue weighted by atomic mass is 10.3. The van der Waals surface area contributed by atoms with Gasteiger partial charge in [-0.15, -0.1) is 11.3 Å². The fourth-order valence-electron chi connectivity index (χ4n) is 2.21. The number of fused-ring (bicyclic) bond motifs is 1. The van der Waals surface area contributed by atoms with E-state index in [0.717, 1.165) is 25.3 Å². The van der Waals surface area contributed by atoms with Gasteiger partial charge in [0.15, 0.2) is 4.34 Å². The Hall–Kier alpha value is -2.32. The Morgan fingerprint density at radius 2 is 2.04 bits per heavy atom. The topological polar surface area (TPSA) is 56.5 Å². The van der Waals surface area contributed by atoms with Gasteiger partial charge in [0, 0.05) is 11.9 Å². The highest BCUT2D eigenvalue weighted by Crippen LogP contribution is 2.33. The molecule has 0 amide bonds. The lowest BCUT2D eigenvalue weighted by Crippen LogP contribution is -2.04. The van der Waals surface area contributed by atoms with Crippen LogP contribution in [0.4, 0.5) is 4.39 Å². The number of alkyl halides is 1. The monoisotopic (exact) mass is 357 g/mol. The molecule has 0 aliphatic rings. The van der Waals surface area contributed by atoms with Crippen LogP contribution in [0.2, 0.25) is 0 Å². The van der Waals surface area contributed by atoms with Gasteiger partial charge >= 0.3 is 0 Å². The molecule has 1 aromatic carbocycles. The van der Waals surface area contributed by atoms with Gasteiger partial charge in [-0.2, -0.15) is 5.10 Å². The van der Waals surface area contributed by atoms with Gasteiger partial charge in [-0.25, -0.2) is 24.0 Å². The Morgan fingerprint density at radius 3 is 2.83 bits per heavy atom. The van der Waals surface area contributed by atoms with Gasteiger partial charge in [-0.1, -0.05) is 12.1 Å². The predicted octanol–water partition coefficient (Wildman–Crippen LogP) is 4.20. The summed E-state index contributed by atoms with van der Waals surface area (Å²) in [5.74, 6) is 0.429. The second kappa shape index (κ2) is 6.29. The molecular weight excluding hydrogens is 345 g/mol. The van der Waals surface area contributed by atoms with Crippen molar-refractivity contribution in [2.75, 3.05) is 0 Å². The van der Waals surface area contributed by atoms with Crippen molar-refractivity contribution in [3.63, 3.8) is 0 Å². The summed E-state index contributed by atoms with van der Waals surface area (Å²) in [5, 5.41) is 4.90. The molecule has 0 aliphatic heterocycles. The van der Waals surface area contributed by atoms with Gasteiger partial charge in [-0.05, 0) is 43.0 Å². The van der Waals surface area contributed by atoms with Crippen LogP contribution < -0.4 is 0 Å². The first-order chi connectivity index (χ1) is 11.7. The number of hydrogen-bond acceptors (Lipinski definition) is 6. The van der Waals surface area contributed by atoms with E-state index in [9.17, 15) is 4.39 Å². The van der Waals surface area contributed by atoms with Crippen LogP contribution in [0.15, 0.2) is 52.0 Å². The predicted molar refractivity (Wildman–Crippen MR) is 92.4 cm³/mol. The number of rotatable bonds is 4. The second-order valence-corrected chi connectivity index (χ2v) is 7.38. The quantitative estimate of drug-likeness (QED) is 0.512. The van der Waals surface area contributed by atoms with Crippen LogP contribution in [0.3, 0.4) is 0 Å². The molecule has 3 aromatic heterocycles. The van der Waals surface area contributed by atoms with Crippen molar-refractivity contribution in [1.29, 1.82) is 0 Å². The van der Waals surface area contributed by atoms with Crippen molar-refractivity contribution < 1.29 is 4.39 Å². The molecule has 0 atom stereocenters. The van der Waals surface area contributed by atoms with Crippen molar-refractivity contribution in [3.05, 3.63) is 54.0 Å². The maximum atomic E-state index is 12.7. The molecule has 5 nitrogen and oxygen atoms in total. The number of aromatic nitrogens is 5. The van der Waals surface area contributed by atoms with Gasteiger partial charge in [0.2, 0.25) is 0 Å². The highest BCUT2D eigenvalue weighted by Gasteiger charge is 2.10. The summed E-state index contributed by atoms with van der Waals surface area (Å²) in [5.41, 5.74) is 2.16. The highest BCUT2D eigenvalue weighted by molar-refractivity contribution is 8.01. The standard InChI is InChI=1S/C16H12FN5S2/c1-10-8-14(20-15(18-10)22-7-6-11(9-17)21-22)24-16-19-12-4-2-3-5-13(12)23-16/h2-8H,9H2,1H3. The Morgan fingerprint density at radius 1 is 1.17 bits per heavy atom. The molecule has 0 aliphatic carbocycles. The fourth-order valence-corrected chi connectivity index (χ4v) is 4.28. The SMILES string of the molecule is Cc1cc(Sc2nc3ccccc3s2)nc(-n2ccc(CF)n2)n1. The fraction of sp³-hybridized carbons (Fsp3) is 0.125. The van der Waals surface area contributed by atoms with E-state index >= 15 is 0 Å². The van der Waals surface area contributed by atoms with E-state index in [-0.39, 0.29) is 0 Å². The second-order valence-electron chi connectivity index (χ2n) is 5.08. The van der Waals surface area contributed by atoms with Crippen LogP contribution in [-0.4, -0.2) is 24.7 Å². The Bertz CT molecular complexity index is 978. The largest absolute Gasteiger partial charge is 0.251 e. The lowest BCUT2D eigenvalue weighted by Gasteiger charge is -2.04. The first-order valence-corrected chi connectivity index (χ1v) is 8.84. The van der Waals surface area contributed by atoms with Gasteiger partial charge in [0.25, 0.3) is 5.95 Å².